The Balaban J connectivity index is 1.36. The van der Waals surface area contributed by atoms with Gasteiger partial charge in [0, 0.05) is 50.1 Å². The second-order valence-electron chi connectivity index (χ2n) is 6.77. The first-order valence-electron chi connectivity index (χ1n) is 9.47. The lowest BCUT2D eigenvalue weighted by Crippen LogP contribution is -2.48. The van der Waals surface area contributed by atoms with Crippen molar-refractivity contribution in [3.8, 4) is 0 Å². The zero-order valence-corrected chi connectivity index (χ0v) is 15.6. The second kappa shape index (κ2) is 9.77. The summed E-state index contributed by atoms with van der Waals surface area (Å²) in [6.07, 6.45) is 6.20. The van der Waals surface area contributed by atoms with Gasteiger partial charge in [-0.2, -0.15) is 0 Å². The van der Waals surface area contributed by atoms with Crippen molar-refractivity contribution in [1.82, 2.24) is 20.6 Å². The summed E-state index contributed by atoms with van der Waals surface area (Å²) in [6, 6.07) is 7.21. The zero-order chi connectivity index (χ0) is 19.8. The third-order valence-corrected chi connectivity index (χ3v) is 4.59. The Bertz CT molecular complexity index is 785. The number of hydrogen-bond donors (Lipinski definition) is 2. The smallest absolute Gasteiger partial charge is 0.251 e. The molecule has 0 aliphatic carbocycles. The van der Waals surface area contributed by atoms with E-state index in [4.69, 9.17) is 0 Å². The highest BCUT2D eigenvalue weighted by Gasteiger charge is 2.22. The van der Waals surface area contributed by atoms with Crippen LogP contribution in [0.5, 0.6) is 0 Å². The van der Waals surface area contributed by atoms with E-state index in [0.717, 1.165) is 19.4 Å². The van der Waals surface area contributed by atoms with Crippen LogP contribution in [0.2, 0.25) is 0 Å². The predicted molar refractivity (Wildman–Crippen MR) is 103 cm³/mol. The number of halogens is 1. The van der Waals surface area contributed by atoms with Crippen molar-refractivity contribution in [2.45, 2.75) is 31.7 Å². The van der Waals surface area contributed by atoms with Crippen LogP contribution in [0.4, 0.5) is 10.3 Å². The Labute approximate surface area is 163 Å². The largest absolute Gasteiger partial charge is 0.352 e. The Morgan fingerprint density at radius 2 is 1.93 bits per heavy atom. The fourth-order valence-corrected chi connectivity index (χ4v) is 3.19. The first-order chi connectivity index (χ1) is 13.6. The van der Waals surface area contributed by atoms with Gasteiger partial charge in [-0.05, 0) is 49.6 Å². The van der Waals surface area contributed by atoms with Crippen molar-refractivity contribution in [1.29, 1.82) is 0 Å². The van der Waals surface area contributed by atoms with Crippen LogP contribution in [-0.2, 0) is 4.79 Å². The Hall–Kier alpha value is -3.03. The van der Waals surface area contributed by atoms with Crippen molar-refractivity contribution in [3.63, 3.8) is 0 Å². The molecule has 8 heteroatoms. The summed E-state index contributed by atoms with van der Waals surface area (Å²) >= 11 is 0. The molecule has 0 radical (unpaired) electrons. The van der Waals surface area contributed by atoms with Gasteiger partial charge in [-0.1, -0.05) is 0 Å². The predicted octanol–water partition coefficient (Wildman–Crippen LogP) is 1.91. The molecular formula is C20H24FN5O2. The second-order valence-corrected chi connectivity index (χ2v) is 6.77. The highest BCUT2D eigenvalue weighted by molar-refractivity contribution is 5.94. The monoisotopic (exact) mass is 385 g/mol. The van der Waals surface area contributed by atoms with Crippen LogP contribution in [0.3, 0.4) is 0 Å². The van der Waals surface area contributed by atoms with Crippen molar-refractivity contribution in [2.75, 3.05) is 24.5 Å². The van der Waals surface area contributed by atoms with Crippen LogP contribution < -0.4 is 15.5 Å². The average molecular weight is 385 g/mol. The molecular weight excluding hydrogens is 361 g/mol. The molecule has 2 N–H and O–H groups in total. The van der Waals surface area contributed by atoms with Crippen molar-refractivity contribution >= 4 is 17.8 Å². The number of nitrogens with one attached hydrogen (secondary N) is 2. The van der Waals surface area contributed by atoms with Crippen molar-refractivity contribution in [3.05, 3.63) is 54.1 Å². The number of hydrogen-bond acceptors (Lipinski definition) is 5. The number of rotatable bonds is 7. The van der Waals surface area contributed by atoms with E-state index in [1.165, 1.54) is 24.3 Å². The number of carbonyl (C=O) groups excluding carboxylic acids is 2. The number of carbonyl (C=O) groups is 2. The Morgan fingerprint density at radius 1 is 1.18 bits per heavy atom. The fourth-order valence-electron chi connectivity index (χ4n) is 3.19. The first-order valence-corrected chi connectivity index (χ1v) is 9.47. The molecule has 1 aliphatic rings. The van der Waals surface area contributed by atoms with Crippen LogP contribution in [0.25, 0.3) is 0 Å². The van der Waals surface area contributed by atoms with E-state index < -0.39 is 0 Å². The molecule has 28 heavy (non-hydrogen) atoms. The van der Waals surface area contributed by atoms with Crippen LogP contribution in [0.1, 0.15) is 36.0 Å². The fraction of sp³-hybridized carbons (Fsp3) is 0.400. The number of amides is 2. The SMILES string of the molecule is O=C(CCCNC(=O)c1ccc(F)cc1)NC1CCCN(c2ncccn2)C1. The summed E-state index contributed by atoms with van der Waals surface area (Å²) in [6.45, 7) is 1.96. The number of benzene rings is 1. The quantitative estimate of drug-likeness (QED) is 0.711. The highest BCUT2D eigenvalue weighted by atomic mass is 19.1. The molecule has 1 unspecified atom stereocenters. The molecule has 7 nitrogen and oxygen atoms in total. The molecule has 148 valence electrons. The summed E-state index contributed by atoms with van der Waals surface area (Å²) in [5, 5.41) is 5.79. The first kappa shape index (κ1) is 19.7. The van der Waals surface area contributed by atoms with Gasteiger partial charge in [-0.3, -0.25) is 9.59 Å². The third-order valence-electron chi connectivity index (χ3n) is 4.59. The minimum atomic E-state index is -0.381. The zero-order valence-electron chi connectivity index (χ0n) is 15.6. The van der Waals surface area contributed by atoms with Gasteiger partial charge >= 0.3 is 0 Å². The summed E-state index contributed by atoms with van der Waals surface area (Å²) in [7, 11) is 0. The van der Waals surface area contributed by atoms with E-state index >= 15 is 0 Å². The highest BCUT2D eigenvalue weighted by Crippen LogP contribution is 2.15. The number of aromatic nitrogens is 2. The van der Waals surface area contributed by atoms with Crippen LogP contribution in [0.15, 0.2) is 42.7 Å². The van der Waals surface area contributed by atoms with Crippen molar-refractivity contribution < 1.29 is 14.0 Å². The summed E-state index contributed by atoms with van der Waals surface area (Å²) in [5.74, 6) is 0.00123. The topological polar surface area (TPSA) is 87.2 Å². The average Bonchev–Trinajstić information content (AvgIpc) is 2.72. The molecule has 0 saturated carbocycles. The molecule has 1 saturated heterocycles. The summed E-state index contributed by atoms with van der Waals surface area (Å²) in [4.78, 5) is 34.7. The molecule has 2 heterocycles. The normalized spacial score (nSPS) is 16.5. The molecule has 1 aliphatic heterocycles. The van der Waals surface area contributed by atoms with Gasteiger partial charge in [0.2, 0.25) is 11.9 Å². The van der Waals surface area contributed by atoms with E-state index in [2.05, 4.69) is 25.5 Å². The van der Waals surface area contributed by atoms with Gasteiger partial charge < -0.3 is 15.5 Å². The third kappa shape index (κ3) is 5.73. The summed E-state index contributed by atoms with van der Waals surface area (Å²) < 4.78 is 12.9. The molecule has 2 aromatic rings. The molecule has 2 amide bonds. The van der Waals surface area contributed by atoms with Gasteiger partial charge in [0.25, 0.3) is 5.91 Å². The van der Waals surface area contributed by atoms with Gasteiger partial charge in [0.05, 0.1) is 0 Å². The standard InChI is InChI=1S/C20H24FN5O2/c21-16-8-6-15(7-9-16)19(28)22-10-1-5-18(27)25-17-4-2-13-26(14-17)20-23-11-3-12-24-20/h3,6-9,11-12,17H,1-2,4-5,10,13-14H2,(H,22,28)(H,25,27). The maximum atomic E-state index is 12.9. The van der Waals surface area contributed by atoms with E-state index in [1.54, 1.807) is 18.5 Å². The van der Waals surface area contributed by atoms with Crippen LogP contribution >= 0.6 is 0 Å². The van der Waals surface area contributed by atoms with Gasteiger partial charge in [0.15, 0.2) is 0 Å². The lowest BCUT2D eigenvalue weighted by molar-refractivity contribution is -0.121. The maximum absolute atomic E-state index is 12.9. The number of anilines is 1. The van der Waals surface area contributed by atoms with E-state index in [1.807, 2.05) is 0 Å². The minimum Gasteiger partial charge on any atom is -0.352 e. The lowest BCUT2D eigenvalue weighted by atomic mass is 10.1. The Kier molecular flexibility index (Phi) is 6.89. The van der Waals surface area contributed by atoms with Gasteiger partial charge in [0.1, 0.15) is 5.82 Å². The minimum absolute atomic E-state index is 0.0307. The number of piperidine rings is 1. The van der Waals surface area contributed by atoms with Crippen molar-refractivity contribution in [2.24, 2.45) is 0 Å². The van der Waals surface area contributed by atoms with Crippen LogP contribution in [-0.4, -0.2) is 47.5 Å². The van der Waals surface area contributed by atoms with E-state index in [9.17, 15) is 14.0 Å². The molecule has 1 fully saturated rings. The number of nitrogens with zero attached hydrogens (tertiary/aromatic N) is 3. The molecule has 0 spiro atoms. The maximum Gasteiger partial charge on any atom is 0.251 e. The van der Waals surface area contributed by atoms with Crippen LogP contribution in [0, 0.1) is 5.82 Å². The lowest BCUT2D eigenvalue weighted by Gasteiger charge is -2.33. The Morgan fingerprint density at radius 3 is 2.68 bits per heavy atom. The molecule has 3 rings (SSSR count). The van der Waals surface area contributed by atoms with E-state index in [0.29, 0.717) is 37.4 Å². The van der Waals surface area contributed by atoms with Gasteiger partial charge in [-0.15, -0.1) is 0 Å². The van der Waals surface area contributed by atoms with Gasteiger partial charge in [-0.25, -0.2) is 14.4 Å². The molecule has 0 bridgehead atoms. The van der Waals surface area contributed by atoms with E-state index in [-0.39, 0.29) is 23.7 Å². The molecule has 1 atom stereocenters. The molecule has 1 aromatic carbocycles. The molecule has 1 aromatic heterocycles. The summed E-state index contributed by atoms with van der Waals surface area (Å²) in [5.41, 5.74) is 0.399.